The van der Waals surface area contributed by atoms with Crippen molar-refractivity contribution in [2.24, 2.45) is 10.7 Å². The Balaban J connectivity index is 2.52. The predicted molar refractivity (Wildman–Crippen MR) is 82.7 cm³/mol. The van der Waals surface area contributed by atoms with Gasteiger partial charge < -0.3 is 11.1 Å². The molecule has 1 amide bonds. The molecule has 1 aliphatic heterocycles. The summed E-state index contributed by atoms with van der Waals surface area (Å²) in [4.78, 5) is 15.6. The molecule has 0 bridgehead atoms. The van der Waals surface area contributed by atoms with Crippen LogP contribution in [0.1, 0.15) is 23.6 Å². The smallest absolute Gasteiger partial charge is 0.247 e. The molecule has 1 saturated heterocycles. The third-order valence-corrected chi connectivity index (χ3v) is 3.55. The van der Waals surface area contributed by atoms with Crippen LogP contribution >= 0.6 is 11.6 Å². The highest BCUT2D eigenvalue weighted by atomic mass is 35.5. The van der Waals surface area contributed by atoms with E-state index in [1.165, 1.54) is 6.20 Å². The van der Waals surface area contributed by atoms with E-state index in [1.54, 1.807) is 19.3 Å². The molecule has 3 N–H and O–H groups in total. The van der Waals surface area contributed by atoms with E-state index in [-0.39, 0.29) is 11.9 Å². The summed E-state index contributed by atoms with van der Waals surface area (Å²) in [7, 11) is 1.67. The topological polar surface area (TPSA) is 67.5 Å². The van der Waals surface area contributed by atoms with E-state index in [2.05, 4.69) is 16.9 Å². The Kier molecular flexibility index (Phi) is 4.25. The number of carbonyl (C=O) groups is 1. The molecular formula is C15H16ClN3O. The van der Waals surface area contributed by atoms with Crippen molar-refractivity contribution in [2.45, 2.75) is 12.5 Å². The molecule has 0 saturated carbocycles. The zero-order valence-corrected chi connectivity index (χ0v) is 11.9. The molecule has 0 spiro atoms. The Morgan fingerprint density at radius 3 is 2.90 bits per heavy atom. The van der Waals surface area contributed by atoms with E-state index in [9.17, 15) is 4.79 Å². The highest BCUT2D eigenvalue weighted by molar-refractivity contribution is 6.34. The minimum absolute atomic E-state index is 0.122. The van der Waals surface area contributed by atoms with Crippen molar-refractivity contribution in [3.63, 3.8) is 0 Å². The summed E-state index contributed by atoms with van der Waals surface area (Å²) in [5, 5.41) is 3.47. The summed E-state index contributed by atoms with van der Waals surface area (Å²) in [6.45, 7) is 3.75. The number of amides is 1. The predicted octanol–water partition coefficient (Wildman–Crippen LogP) is 2.46. The maximum Gasteiger partial charge on any atom is 0.247 e. The molecule has 1 aliphatic rings. The normalized spacial score (nSPS) is 19.7. The van der Waals surface area contributed by atoms with E-state index in [4.69, 9.17) is 17.3 Å². The van der Waals surface area contributed by atoms with E-state index in [0.29, 0.717) is 17.0 Å². The van der Waals surface area contributed by atoms with Crippen molar-refractivity contribution < 1.29 is 4.79 Å². The monoisotopic (exact) mass is 289 g/mol. The van der Waals surface area contributed by atoms with Crippen LogP contribution in [0, 0.1) is 0 Å². The van der Waals surface area contributed by atoms with Crippen molar-refractivity contribution in [3.05, 3.63) is 52.7 Å². The van der Waals surface area contributed by atoms with Crippen LogP contribution in [0.5, 0.6) is 0 Å². The molecule has 4 nitrogen and oxygen atoms in total. The molecule has 2 rings (SSSR count). The van der Waals surface area contributed by atoms with Crippen LogP contribution in [0.25, 0.3) is 5.57 Å². The SMILES string of the molecule is C=C1CC(c2cccc(Cl)c2/C(C=NC)=C/N)NC1=O. The molecule has 0 aliphatic carbocycles. The molecule has 1 aromatic rings. The van der Waals surface area contributed by atoms with Gasteiger partial charge >= 0.3 is 0 Å². The molecule has 104 valence electrons. The van der Waals surface area contributed by atoms with Crippen LogP contribution in [-0.4, -0.2) is 19.2 Å². The fourth-order valence-electron chi connectivity index (χ4n) is 2.30. The van der Waals surface area contributed by atoms with Gasteiger partial charge in [-0.25, -0.2) is 0 Å². The lowest BCUT2D eigenvalue weighted by Gasteiger charge is -2.17. The number of benzene rings is 1. The van der Waals surface area contributed by atoms with Crippen LogP contribution in [0.3, 0.4) is 0 Å². The highest BCUT2D eigenvalue weighted by Gasteiger charge is 2.28. The Morgan fingerprint density at radius 2 is 2.35 bits per heavy atom. The van der Waals surface area contributed by atoms with Gasteiger partial charge in [-0.05, 0) is 11.6 Å². The Morgan fingerprint density at radius 1 is 1.60 bits per heavy atom. The van der Waals surface area contributed by atoms with Gasteiger partial charge in [-0.2, -0.15) is 0 Å². The molecule has 1 atom stereocenters. The van der Waals surface area contributed by atoms with Crippen LogP contribution in [-0.2, 0) is 4.79 Å². The zero-order chi connectivity index (χ0) is 14.7. The van der Waals surface area contributed by atoms with Crippen LogP contribution in [0.2, 0.25) is 5.02 Å². The van der Waals surface area contributed by atoms with E-state index < -0.39 is 0 Å². The van der Waals surface area contributed by atoms with Crippen LogP contribution < -0.4 is 11.1 Å². The Bertz CT molecular complexity index is 604. The molecule has 0 aromatic heterocycles. The molecule has 1 fully saturated rings. The van der Waals surface area contributed by atoms with Gasteiger partial charge in [0, 0.05) is 47.6 Å². The molecule has 1 unspecified atom stereocenters. The number of halogens is 1. The van der Waals surface area contributed by atoms with Gasteiger partial charge in [-0.3, -0.25) is 9.79 Å². The lowest BCUT2D eigenvalue weighted by molar-refractivity contribution is -0.116. The number of nitrogens with two attached hydrogens (primary N) is 1. The fourth-order valence-corrected chi connectivity index (χ4v) is 2.59. The average molecular weight is 290 g/mol. The van der Waals surface area contributed by atoms with Crippen LogP contribution in [0.4, 0.5) is 0 Å². The highest BCUT2D eigenvalue weighted by Crippen LogP contribution is 2.35. The lowest BCUT2D eigenvalue weighted by Crippen LogP contribution is -2.20. The van der Waals surface area contributed by atoms with Gasteiger partial charge in [-0.1, -0.05) is 30.3 Å². The molecule has 20 heavy (non-hydrogen) atoms. The van der Waals surface area contributed by atoms with Gasteiger partial charge in [0.15, 0.2) is 0 Å². The number of hydrogen-bond acceptors (Lipinski definition) is 3. The third-order valence-electron chi connectivity index (χ3n) is 3.23. The molecule has 1 heterocycles. The minimum atomic E-state index is -0.135. The van der Waals surface area contributed by atoms with E-state index >= 15 is 0 Å². The first kappa shape index (κ1) is 14.3. The summed E-state index contributed by atoms with van der Waals surface area (Å²) in [5.74, 6) is -0.122. The van der Waals surface area contributed by atoms with E-state index in [0.717, 1.165) is 16.7 Å². The number of carbonyl (C=O) groups excluding carboxylic acids is 1. The molecule has 1 aromatic carbocycles. The fraction of sp³-hybridized carbons (Fsp3) is 0.200. The first-order valence-electron chi connectivity index (χ1n) is 6.20. The largest absolute Gasteiger partial charge is 0.404 e. The average Bonchev–Trinajstić information content (AvgIpc) is 2.76. The van der Waals surface area contributed by atoms with Crippen molar-refractivity contribution in [1.82, 2.24) is 5.32 Å². The quantitative estimate of drug-likeness (QED) is 0.663. The van der Waals surface area contributed by atoms with Crippen LogP contribution in [0.15, 0.2) is 41.5 Å². The zero-order valence-electron chi connectivity index (χ0n) is 11.2. The van der Waals surface area contributed by atoms with E-state index in [1.807, 2.05) is 12.1 Å². The van der Waals surface area contributed by atoms with Gasteiger partial charge in [0.2, 0.25) is 5.91 Å². The van der Waals surface area contributed by atoms with Gasteiger partial charge in [-0.15, -0.1) is 0 Å². The lowest BCUT2D eigenvalue weighted by atomic mass is 9.94. The first-order chi connectivity index (χ1) is 9.58. The molecule has 5 heteroatoms. The van der Waals surface area contributed by atoms with Crippen molar-refractivity contribution in [2.75, 3.05) is 7.05 Å². The second kappa shape index (κ2) is 5.92. The van der Waals surface area contributed by atoms with Crippen molar-refractivity contribution >= 4 is 29.3 Å². The number of rotatable bonds is 3. The number of hydrogen-bond donors (Lipinski definition) is 2. The maximum absolute atomic E-state index is 11.6. The number of aliphatic imine (C=N–C) groups is 1. The summed E-state index contributed by atoms with van der Waals surface area (Å²) in [6.07, 6.45) is 3.67. The molecular weight excluding hydrogens is 274 g/mol. The standard InChI is InChI=1S/C15H16ClN3O/c1-9-6-13(19-15(9)20)11-4-3-5-12(16)14(11)10(7-17)8-18-2/h3-5,7-8,13H,1,6,17H2,2H3,(H,19,20)/b10-7+,18-8?. The second-order valence-electron chi connectivity index (χ2n) is 4.55. The van der Waals surface area contributed by atoms with Gasteiger partial charge in [0.25, 0.3) is 0 Å². The van der Waals surface area contributed by atoms with Crippen molar-refractivity contribution in [3.8, 4) is 0 Å². The maximum atomic E-state index is 11.6. The summed E-state index contributed by atoms with van der Waals surface area (Å²) < 4.78 is 0. The van der Waals surface area contributed by atoms with Gasteiger partial charge in [0.1, 0.15) is 0 Å². The number of nitrogens with one attached hydrogen (secondary N) is 1. The number of nitrogens with zero attached hydrogens (tertiary/aromatic N) is 1. The third kappa shape index (κ3) is 2.60. The Hall–Kier alpha value is -2.07. The first-order valence-corrected chi connectivity index (χ1v) is 6.57. The summed E-state index contributed by atoms with van der Waals surface area (Å²) in [6, 6.07) is 5.44. The second-order valence-corrected chi connectivity index (χ2v) is 4.95. The number of allylic oxidation sites excluding steroid dienone is 1. The summed E-state index contributed by atoms with van der Waals surface area (Å²) >= 11 is 6.30. The minimum Gasteiger partial charge on any atom is -0.404 e. The molecule has 0 radical (unpaired) electrons. The van der Waals surface area contributed by atoms with Gasteiger partial charge in [0.05, 0.1) is 6.04 Å². The Labute approximate surface area is 123 Å². The van der Waals surface area contributed by atoms with Crippen molar-refractivity contribution in [1.29, 1.82) is 0 Å². The summed E-state index contributed by atoms with van der Waals surface area (Å²) in [5.41, 5.74) is 8.67.